The molecule has 1 aliphatic carbocycles. The van der Waals surface area contributed by atoms with E-state index in [1.807, 2.05) is 29.2 Å². The van der Waals surface area contributed by atoms with Gasteiger partial charge in [0.25, 0.3) is 5.56 Å². The van der Waals surface area contributed by atoms with Gasteiger partial charge in [0, 0.05) is 37.3 Å². The average molecular weight is 494 g/mol. The number of carboxylic acid groups (broad SMARTS) is 1. The van der Waals surface area contributed by atoms with E-state index in [1.165, 1.54) is 57.8 Å². The van der Waals surface area contributed by atoms with Crippen molar-refractivity contribution < 1.29 is 9.90 Å². The Morgan fingerprint density at radius 1 is 0.889 bits per heavy atom. The summed E-state index contributed by atoms with van der Waals surface area (Å²) in [6.07, 6.45) is 13.8. The summed E-state index contributed by atoms with van der Waals surface area (Å²) in [7, 11) is 0. The Hall–Kier alpha value is -2.61. The molecule has 4 heterocycles. The van der Waals surface area contributed by atoms with Crippen LogP contribution < -0.4 is 15.8 Å². The highest BCUT2D eigenvalue weighted by Crippen LogP contribution is 2.44. The summed E-state index contributed by atoms with van der Waals surface area (Å²) in [5.74, 6) is 0.471. The third-order valence-electron chi connectivity index (χ3n) is 9.22. The number of amides is 1. The molecular weight excluding hydrogens is 454 g/mol. The van der Waals surface area contributed by atoms with Gasteiger partial charge in [-0.15, -0.1) is 0 Å². The van der Waals surface area contributed by atoms with E-state index < -0.39 is 6.09 Å². The summed E-state index contributed by atoms with van der Waals surface area (Å²) in [5.41, 5.74) is 1.75. The summed E-state index contributed by atoms with van der Waals surface area (Å²) in [5, 5.41) is 11.7. The van der Waals surface area contributed by atoms with E-state index in [-0.39, 0.29) is 17.6 Å². The van der Waals surface area contributed by atoms with E-state index in [2.05, 4.69) is 14.8 Å². The molecule has 3 atom stereocenters. The third kappa shape index (κ3) is 4.49. The first-order valence-corrected chi connectivity index (χ1v) is 14.1. The molecule has 36 heavy (non-hydrogen) atoms. The second-order valence-corrected chi connectivity index (χ2v) is 11.4. The van der Waals surface area contributed by atoms with Crippen LogP contribution in [0.4, 0.5) is 10.6 Å². The highest BCUT2D eigenvalue weighted by Gasteiger charge is 2.44. The van der Waals surface area contributed by atoms with Crippen LogP contribution in [0.3, 0.4) is 0 Å². The number of anilines is 1. The minimum absolute atomic E-state index is 0.0199. The van der Waals surface area contributed by atoms with Gasteiger partial charge in [-0.2, -0.15) is 0 Å². The summed E-state index contributed by atoms with van der Waals surface area (Å²) < 4.78 is 2.05. The molecule has 2 bridgehead atoms. The minimum atomic E-state index is -1.02. The predicted molar refractivity (Wildman–Crippen MR) is 141 cm³/mol. The largest absolute Gasteiger partial charge is 0.465 e. The number of rotatable bonds is 4. The third-order valence-corrected chi connectivity index (χ3v) is 9.22. The van der Waals surface area contributed by atoms with Gasteiger partial charge in [0.2, 0.25) is 0 Å². The second kappa shape index (κ2) is 10.0. The normalized spacial score (nSPS) is 29.8. The van der Waals surface area contributed by atoms with Crippen molar-refractivity contribution in [3.63, 3.8) is 0 Å². The molecule has 1 aromatic heterocycles. The fourth-order valence-corrected chi connectivity index (χ4v) is 7.68. The molecular formula is C28H39N5O3. The van der Waals surface area contributed by atoms with E-state index in [1.54, 1.807) is 0 Å². The molecule has 4 aliphatic rings. The summed E-state index contributed by atoms with van der Waals surface area (Å²) in [6.45, 7) is 1.12. The van der Waals surface area contributed by atoms with Crippen LogP contribution in [0.15, 0.2) is 29.1 Å². The van der Waals surface area contributed by atoms with E-state index in [0.717, 1.165) is 23.9 Å². The molecule has 2 unspecified atom stereocenters. The number of fused-ring (bicyclic) bond motifs is 3. The van der Waals surface area contributed by atoms with Crippen LogP contribution in [0.5, 0.6) is 0 Å². The van der Waals surface area contributed by atoms with Crippen LogP contribution in [-0.2, 0) is 0 Å². The standard InChI is InChI=1S/C28H39N5O3/c34-27-26(31-15-14-19(18-31)29-28(35)36)30-24-10-6-7-11-25(24)33(27)23-16-21-12-13-22(17-23)32(21)20-8-4-2-1-3-5-9-20/h6-7,10-11,19-23,29H,1-5,8-9,12-18H2,(H,35,36)/t19-,21?,22?,23?/m1/s1. The molecule has 3 saturated heterocycles. The van der Waals surface area contributed by atoms with Crippen LogP contribution in [0.2, 0.25) is 0 Å². The van der Waals surface area contributed by atoms with Crippen LogP contribution in [0.1, 0.15) is 83.1 Å². The van der Waals surface area contributed by atoms with Gasteiger partial charge in [-0.05, 0) is 57.1 Å². The van der Waals surface area contributed by atoms with Gasteiger partial charge in [0.1, 0.15) is 0 Å². The summed E-state index contributed by atoms with van der Waals surface area (Å²) in [6, 6.07) is 9.87. The van der Waals surface area contributed by atoms with Gasteiger partial charge in [-0.3, -0.25) is 9.69 Å². The molecule has 1 amide bonds. The number of hydrogen-bond acceptors (Lipinski definition) is 5. The van der Waals surface area contributed by atoms with Gasteiger partial charge < -0.3 is 19.9 Å². The number of carbonyl (C=O) groups is 1. The van der Waals surface area contributed by atoms with Crippen molar-refractivity contribution in [3.05, 3.63) is 34.6 Å². The van der Waals surface area contributed by atoms with Crippen molar-refractivity contribution in [3.8, 4) is 0 Å². The first-order chi connectivity index (χ1) is 17.6. The maximum absolute atomic E-state index is 14.0. The number of hydrogen-bond donors (Lipinski definition) is 2. The molecule has 8 heteroatoms. The van der Waals surface area contributed by atoms with Crippen molar-refractivity contribution >= 4 is 22.9 Å². The molecule has 0 spiro atoms. The topological polar surface area (TPSA) is 90.7 Å². The molecule has 2 aromatic rings. The van der Waals surface area contributed by atoms with E-state index >= 15 is 0 Å². The smallest absolute Gasteiger partial charge is 0.404 e. The zero-order valence-electron chi connectivity index (χ0n) is 21.1. The lowest BCUT2D eigenvalue weighted by Gasteiger charge is -2.45. The Balaban J connectivity index is 1.30. The van der Waals surface area contributed by atoms with Crippen LogP contribution >= 0.6 is 0 Å². The lowest BCUT2D eigenvalue weighted by Crippen LogP contribution is -2.50. The Morgan fingerprint density at radius 2 is 1.58 bits per heavy atom. The maximum atomic E-state index is 14.0. The SMILES string of the molecule is O=C(O)N[C@@H]1CCN(c2nc3ccccc3n(C3CC4CCC(C3)N4C3CCCCCCC3)c2=O)C1. The van der Waals surface area contributed by atoms with Crippen molar-refractivity contribution in [2.75, 3.05) is 18.0 Å². The number of nitrogens with one attached hydrogen (secondary N) is 1. The number of aromatic nitrogens is 2. The summed E-state index contributed by atoms with van der Waals surface area (Å²) in [4.78, 5) is 34.8. The van der Waals surface area contributed by atoms with E-state index in [9.17, 15) is 9.59 Å². The zero-order valence-corrected chi connectivity index (χ0v) is 21.1. The monoisotopic (exact) mass is 493 g/mol. The highest BCUT2D eigenvalue weighted by molar-refractivity contribution is 5.76. The average Bonchev–Trinajstić information content (AvgIpc) is 3.39. The number of nitrogens with zero attached hydrogens (tertiary/aromatic N) is 4. The minimum Gasteiger partial charge on any atom is -0.465 e. The summed E-state index contributed by atoms with van der Waals surface area (Å²) >= 11 is 0. The number of piperidine rings is 1. The fourth-order valence-electron chi connectivity index (χ4n) is 7.68. The van der Waals surface area contributed by atoms with Crippen molar-refractivity contribution in [1.29, 1.82) is 0 Å². The molecule has 194 valence electrons. The molecule has 4 fully saturated rings. The van der Waals surface area contributed by atoms with Gasteiger partial charge in [0.05, 0.1) is 17.1 Å². The van der Waals surface area contributed by atoms with Crippen molar-refractivity contribution in [2.45, 2.75) is 107 Å². The lowest BCUT2D eigenvalue weighted by atomic mass is 9.89. The van der Waals surface area contributed by atoms with Crippen LogP contribution in [-0.4, -0.2) is 62.9 Å². The van der Waals surface area contributed by atoms with Crippen LogP contribution in [0, 0.1) is 0 Å². The van der Waals surface area contributed by atoms with Gasteiger partial charge in [-0.25, -0.2) is 9.78 Å². The van der Waals surface area contributed by atoms with Gasteiger partial charge in [0.15, 0.2) is 5.82 Å². The van der Waals surface area contributed by atoms with Crippen molar-refractivity contribution in [1.82, 2.24) is 19.8 Å². The molecule has 0 radical (unpaired) electrons. The Kier molecular flexibility index (Phi) is 6.63. The molecule has 2 N–H and O–H groups in total. The first kappa shape index (κ1) is 23.8. The van der Waals surface area contributed by atoms with Gasteiger partial charge in [-0.1, -0.05) is 44.2 Å². The van der Waals surface area contributed by atoms with Crippen molar-refractivity contribution in [2.24, 2.45) is 0 Å². The molecule has 6 rings (SSSR count). The fraction of sp³-hybridized carbons (Fsp3) is 0.679. The molecule has 3 aliphatic heterocycles. The van der Waals surface area contributed by atoms with Gasteiger partial charge >= 0.3 is 6.09 Å². The molecule has 1 aromatic carbocycles. The quantitative estimate of drug-likeness (QED) is 0.651. The number of benzene rings is 1. The molecule has 8 nitrogen and oxygen atoms in total. The first-order valence-electron chi connectivity index (χ1n) is 14.1. The van der Waals surface area contributed by atoms with E-state index in [0.29, 0.717) is 43.5 Å². The Morgan fingerprint density at radius 3 is 2.31 bits per heavy atom. The lowest BCUT2D eigenvalue weighted by molar-refractivity contribution is 0.0498. The highest BCUT2D eigenvalue weighted by atomic mass is 16.4. The Bertz CT molecular complexity index is 1140. The molecule has 1 saturated carbocycles. The maximum Gasteiger partial charge on any atom is 0.404 e. The number of para-hydroxylation sites is 2. The second-order valence-electron chi connectivity index (χ2n) is 11.4. The Labute approximate surface area is 212 Å². The predicted octanol–water partition coefficient (Wildman–Crippen LogP) is 4.52. The zero-order chi connectivity index (χ0) is 24.6. The van der Waals surface area contributed by atoms with Crippen LogP contribution in [0.25, 0.3) is 11.0 Å². The van der Waals surface area contributed by atoms with E-state index in [4.69, 9.17) is 10.1 Å².